The van der Waals surface area contributed by atoms with Gasteiger partial charge >= 0.3 is 0 Å². The molecule has 1 unspecified atom stereocenters. The number of carbonyl (C=O) groups excluding carboxylic acids is 2. The molecule has 0 saturated carbocycles. The van der Waals surface area contributed by atoms with Crippen LogP contribution >= 0.6 is 23.1 Å². The summed E-state index contributed by atoms with van der Waals surface area (Å²) in [5.74, 6) is 0.0236. The van der Waals surface area contributed by atoms with Crippen LogP contribution in [0.25, 0.3) is 0 Å². The van der Waals surface area contributed by atoms with E-state index in [1.54, 1.807) is 17.4 Å². The summed E-state index contributed by atoms with van der Waals surface area (Å²) in [5, 5.41) is 4.88. The van der Waals surface area contributed by atoms with Crippen LogP contribution in [0, 0.1) is 0 Å². The fourth-order valence-corrected chi connectivity index (χ4v) is 4.77. The summed E-state index contributed by atoms with van der Waals surface area (Å²) in [7, 11) is 0. The maximum Gasteiger partial charge on any atom is 0.254 e. The summed E-state index contributed by atoms with van der Waals surface area (Å²) in [6, 6.07) is 7.70. The summed E-state index contributed by atoms with van der Waals surface area (Å²) < 4.78 is 0. The van der Waals surface area contributed by atoms with Crippen LogP contribution in [-0.2, 0) is 17.8 Å². The second-order valence-corrected chi connectivity index (χ2v) is 8.19. The molecule has 1 atom stereocenters. The SMILES string of the molecule is CC1Sc2ccc(C(=O)N3CCc4sccc4C3)cc2NC1=O. The first-order chi connectivity index (χ1) is 11.1. The predicted molar refractivity (Wildman–Crippen MR) is 93.2 cm³/mol. The normalized spacial score (nSPS) is 19.8. The molecule has 118 valence electrons. The minimum Gasteiger partial charge on any atom is -0.334 e. The second-order valence-electron chi connectivity index (χ2n) is 5.81. The van der Waals surface area contributed by atoms with Crippen LogP contribution in [0.3, 0.4) is 0 Å². The van der Waals surface area contributed by atoms with E-state index in [9.17, 15) is 9.59 Å². The third kappa shape index (κ3) is 2.66. The third-order valence-corrected chi connectivity index (χ3v) is 6.45. The molecule has 1 aromatic heterocycles. The van der Waals surface area contributed by atoms with Crippen LogP contribution in [0.2, 0.25) is 0 Å². The summed E-state index contributed by atoms with van der Waals surface area (Å²) in [6.07, 6.45) is 0.924. The molecule has 4 nitrogen and oxygen atoms in total. The largest absolute Gasteiger partial charge is 0.334 e. The molecule has 2 aromatic rings. The Bertz CT molecular complexity index is 800. The molecular weight excluding hydrogens is 328 g/mol. The zero-order valence-electron chi connectivity index (χ0n) is 12.7. The average Bonchev–Trinajstić information content (AvgIpc) is 3.02. The standard InChI is InChI=1S/C17H16N2O2S2/c1-10-16(20)18-13-8-11(2-3-15(13)23-10)17(21)19-6-4-14-12(9-19)5-7-22-14/h2-3,5,7-8,10H,4,6,9H2,1H3,(H,18,20). The molecule has 1 aromatic carbocycles. The van der Waals surface area contributed by atoms with Gasteiger partial charge in [-0.05, 0) is 48.6 Å². The molecule has 4 rings (SSSR count). The lowest BCUT2D eigenvalue weighted by Gasteiger charge is -2.28. The van der Waals surface area contributed by atoms with Crippen molar-refractivity contribution >= 4 is 40.6 Å². The van der Waals surface area contributed by atoms with Crippen LogP contribution in [0.5, 0.6) is 0 Å². The number of rotatable bonds is 1. The first kappa shape index (κ1) is 14.8. The van der Waals surface area contributed by atoms with E-state index in [-0.39, 0.29) is 17.1 Å². The molecule has 0 bridgehead atoms. The highest BCUT2D eigenvalue weighted by Gasteiger charge is 2.26. The van der Waals surface area contributed by atoms with Crippen molar-refractivity contribution in [3.8, 4) is 0 Å². The van der Waals surface area contributed by atoms with Crippen LogP contribution < -0.4 is 5.32 Å². The van der Waals surface area contributed by atoms with Crippen molar-refractivity contribution in [2.75, 3.05) is 11.9 Å². The van der Waals surface area contributed by atoms with Gasteiger partial charge in [-0.15, -0.1) is 23.1 Å². The highest BCUT2D eigenvalue weighted by Crippen LogP contribution is 2.36. The highest BCUT2D eigenvalue weighted by atomic mass is 32.2. The molecule has 0 fully saturated rings. The van der Waals surface area contributed by atoms with Crippen LogP contribution in [0.1, 0.15) is 27.7 Å². The molecule has 1 N–H and O–H groups in total. The molecule has 0 saturated heterocycles. The van der Waals surface area contributed by atoms with Gasteiger partial charge in [-0.3, -0.25) is 9.59 Å². The van der Waals surface area contributed by atoms with Crippen molar-refractivity contribution in [1.82, 2.24) is 4.90 Å². The number of benzene rings is 1. The van der Waals surface area contributed by atoms with Gasteiger partial charge in [-0.25, -0.2) is 0 Å². The van der Waals surface area contributed by atoms with E-state index in [0.717, 1.165) is 23.5 Å². The van der Waals surface area contributed by atoms with Crippen molar-refractivity contribution in [1.29, 1.82) is 0 Å². The van der Waals surface area contributed by atoms with Crippen molar-refractivity contribution in [2.24, 2.45) is 0 Å². The summed E-state index contributed by atoms with van der Waals surface area (Å²) in [5.41, 5.74) is 2.64. The lowest BCUT2D eigenvalue weighted by Crippen LogP contribution is -2.35. The molecule has 2 amide bonds. The van der Waals surface area contributed by atoms with Crippen LogP contribution in [0.15, 0.2) is 34.5 Å². The van der Waals surface area contributed by atoms with Gasteiger partial charge in [0, 0.05) is 28.4 Å². The van der Waals surface area contributed by atoms with Gasteiger partial charge < -0.3 is 10.2 Å². The van der Waals surface area contributed by atoms with Crippen molar-refractivity contribution in [2.45, 2.75) is 30.0 Å². The number of nitrogens with zero attached hydrogens (tertiary/aromatic N) is 1. The first-order valence-electron chi connectivity index (χ1n) is 7.58. The molecule has 0 spiro atoms. The Labute approximate surface area is 142 Å². The van der Waals surface area contributed by atoms with Gasteiger partial charge in [0.25, 0.3) is 5.91 Å². The van der Waals surface area contributed by atoms with Crippen molar-refractivity contribution < 1.29 is 9.59 Å². The maximum absolute atomic E-state index is 12.8. The smallest absolute Gasteiger partial charge is 0.254 e. The quantitative estimate of drug-likeness (QED) is 0.863. The first-order valence-corrected chi connectivity index (χ1v) is 9.34. The van der Waals surface area contributed by atoms with E-state index in [4.69, 9.17) is 0 Å². The number of carbonyl (C=O) groups is 2. The zero-order valence-corrected chi connectivity index (χ0v) is 14.3. The molecular formula is C17H16N2O2S2. The summed E-state index contributed by atoms with van der Waals surface area (Å²) in [4.78, 5) is 28.9. The number of hydrogen-bond acceptors (Lipinski definition) is 4. The Morgan fingerprint density at radius 1 is 1.35 bits per heavy atom. The molecule has 2 aliphatic rings. The molecule has 23 heavy (non-hydrogen) atoms. The number of thiophene rings is 1. The van der Waals surface area contributed by atoms with Crippen molar-refractivity contribution in [3.05, 3.63) is 45.6 Å². The third-order valence-electron chi connectivity index (χ3n) is 4.25. The van der Waals surface area contributed by atoms with Crippen molar-refractivity contribution in [3.63, 3.8) is 0 Å². The van der Waals surface area contributed by atoms with Gasteiger partial charge in [0.15, 0.2) is 0 Å². The van der Waals surface area contributed by atoms with E-state index in [1.807, 2.05) is 24.0 Å². The lowest BCUT2D eigenvalue weighted by atomic mass is 10.1. The molecule has 6 heteroatoms. The Hall–Kier alpha value is -1.79. The lowest BCUT2D eigenvalue weighted by molar-refractivity contribution is -0.115. The van der Waals surface area contributed by atoms with Crippen LogP contribution in [0.4, 0.5) is 5.69 Å². The molecule has 0 aliphatic carbocycles. The molecule has 2 aliphatic heterocycles. The van der Waals surface area contributed by atoms with E-state index in [1.165, 1.54) is 22.2 Å². The predicted octanol–water partition coefficient (Wildman–Crippen LogP) is 3.38. The average molecular weight is 344 g/mol. The van der Waals surface area contributed by atoms with E-state index < -0.39 is 0 Å². The number of fused-ring (bicyclic) bond motifs is 2. The van der Waals surface area contributed by atoms with E-state index in [0.29, 0.717) is 12.1 Å². The number of nitrogens with one attached hydrogen (secondary N) is 1. The zero-order chi connectivity index (χ0) is 16.0. The topological polar surface area (TPSA) is 49.4 Å². The fraction of sp³-hybridized carbons (Fsp3) is 0.294. The van der Waals surface area contributed by atoms with Crippen LogP contribution in [-0.4, -0.2) is 28.5 Å². The Morgan fingerprint density at radius 2 is 2.22 bits per heavy atom. The van der Waals surface area contributed by atoms with Gasteiger partial charge in [0.2, 0.25) is 5.91 Å². The number of hydrogen-bond donors (Lipinski definition) is 1. The fourth-order valence-electron chi connectivity index (χ4n) is 2.95. The minimum absolute atomic E-state index is 0.00649. The number of thioether (sulfide) groups is 1. The maximum atomic E-state index is 12.8. The highest BCUT2D eigenvalue weighted by molar-refractivity contribution is 8.00. The number of amides is 2. The van der Waals surface area contributed by atoms with Gasteiger partial charge in [-0.2, -0.15) is 0 Å². The van der Waals surface area contributed by atoms with E-state index in [2.05, 4.69) is 16.8 Å². The van der Waals surface area contributed by atoms with E-state index >= 15 is 0 Å². The van der Waals surface area contributed by atoms with Gasteiger partial charge in [-0.1, -0.05) is 0 Å². The number of anilines is 1. The van der Waals surface area contributed by atoms with Gasteiger partial charge in [0.05, 0.1) is 10.9 Å². The Balaban J connectivity index is 1.58. The molecule has 3 heterocycles. The minimum atomic E-state index is -0.0943. The monoisotopic (exact) mass is 344 g/mol. The Morgan fingerprint density at radius 3 is 3.09 bits per heavy atom. The summed E-state index contributed by atoms with van der Waals surface area (Å²) in [6.45, 7) is 3.31. The molecule has 0 radical (unpaired) electrons. The van der Waals surface area contributed by atoms with Gasteiger partial charge in [0.1, 0.15) is 0 Å². The Kier molecular flexibility index (Phi) is 3.66. The summed E-state index contributed by atoms with van der Waals surface area (Å²) >= 11 is 3.30. The second kappa shape index (κ2) is 5.69.